The molecular formula is C13H18N2O4. The number of benzene rings is 1. The minimum Gasteiger partial charge on any atom is -0.394 e. The Labute approximate surface area is 111 Å². The van der Waals surface area contributed by atoms with Crippen LogP contribution < -0.4 is 5.32 Å². The Bertz CT molecular complexity index is 470. The maximum Gasteiger partial charge on any atom is 0.272 e. The Kier molecular flexibility index (Phi) is 5.44. The molecule has 1 rings (SSSR count). The molecular weight excluding hydrogens is 248 g/mol. The number of carbonyl (C=O) groups is 1. The third-order valence-electron chi connectivity index (χ3n) is 3.04. The second kappa shape index (κ2) is 6.84. The lowest BCUT2D eigenvalue weighted by Gasteiger charge is -2.14. The van der Waals surface area contributed by atoms with Gasteiger partial charge in [-0.15, -0.1) is 0 Å². The highest BCUT2D eigenvalue weighted by Gasteiger charge is 2.16. The van der Waals surface area contributed by atoms with Gasteiger partial charge in [-0.05, 0) is 18.9 Å². The molecule has 0 bridgehead atoms. The normalized spacial score (nSPS) is 11.9. The molecule has 1 aromatic rings. The Hall–Kier alpha value is -1.95. The molecule has 0 aromatic heterocycles. The fraction of sp³-hybridized carbons (Fsp3) is 0.462. The second-order valence-electron chi connectivity index (χ2n) is 4.35. The first-order valence-electron chi connectivity index (χ1n) is 6.12. The molecule has 0 aliphatic carbocycles. The first-order chi connectivity index (χ1) is 8.99. The number of nitrogens with zero attached hydrogens (tertiary/aromatic N) is 1. The highest BCUT2D eigenvalue weighted by Crippen LogP contribution is 2.21. The smallest absolute Gasteiger partial charge is 0.272 e. The maximum absolute atomic E-state index is 11.8. The summed E-state index contributed by atoms with van der Waals surface area (Å²) in [6.07, 6.45) is 0.709. The van der Waals surface area contributed by atoms with Gasteiger partial charge in [-0.25, -0.2) is 0 Å². The van der Waals surface area contributed by atoms with E-state index in [2.05, 4.69) is 5.32 Å². The molecule has 0 unspecified atom stereocenters. The van der Waals surface area contributed by atoms with Crippen molar-refractivity contribution < 1.29 is 14.8 Å². The van der Waals surface area contributed by atoms with E-state index in [-0.39, 0.29) is 30.7 Å². The summed E-state index contributed by atoms with van der Waals surface area (Å²) in [5, 5.41) is 22.5. The van der Waals surface area contributed by atoms with Crippen LogP contribution in [0, 0.1) is 17.0 Å². The Morgan fingerprint density at radius 1 is 1.53 bits per heavy atom. The van der Waals surface area contributed by atoms with Gasteiger partial charge in [-0.1, -0.05) is 19.1 Å². The van der Waals surface area contributed by atoms with Crippen molar-refractivity contribution >= 4 is 11.6 Å². The molecule has 0 radical (unpaired) electrons. The van der Waals surface area contributed by atoms with Gasteiger partial charge in [0.05, 0.1) is 24.0 Å². The van der Waals surface area contributed by atoms with E-state index in [0.717, 1.165) is 0 Å². The quantitative estimate of drug-likeness (QED) is 0.600. The lowest BCUT2D eigenvalue weighted by Crippen LogP contribution is -2.37. The number of nitro benzene ring substituents is 1. The molecule has 0 saturated carbocycles. The molecule has 6 heteroatoms. The molecule has 1 atom stereocenters. The van der Waals surface area contributed by atoms with Gasteiger partial charge in [0.1, 0.15) is 0 Å². The van der Waals surface area contributed by atoms with E-state index in [1.807, 2.05) is 6.92 Å². The molecule has 2 N–H and O–H groups in total. The topological polar surface area (TPSA) is 92.5 Å². The molecule has 0 spiro atoms. The van der Waals surface area contributed by atoms with E-state index >= 15 is 0 Å². The minimum absolute atomic E-state index is 0.0134. The van der Waals surface area contributed by atoms with Gasteiger partial charge >= 0.3 is 0 Å². The van der Waals surface area contributed by atoms with Crippen LogP contribution >= 0.6 is 0 Å². The third kappa shape index (κ3) is 4.03. The van der Waals surface area contributed by atoms with Crippen molar-refractivity contribution in [3.8, 4) is 0 Å². The van der Waals surface area contributed by atoms with Gasteiger partial charge in [-0.3, -0.25) is 14.9 Å². The number of hydrogen-bond donors (Lipinski definition) is 2. The van der Waals surface area contributed by atoms with Crippen LogP contribution in [-0.2, 0) is 11.2 Å². The zero-order chi connectivity index (χ0) is 14.4. The van der Waals surface area contributed by atoms with Crippen molar-refractivity contribution in [2.45, 2.75) is 32.7 Å². The van der Waals surface area contributed by atoms with Gasteiger partial charge in [0.15, 0.2) is 0 Å². The standard InChI is InChI=1S/C13H18N2O4/c1-3-11(8-16)14-13(17)7-10-5-4-6-12(9(10)2)15(18)19/h4-6,11,16H,3,7-8H2,1-2H3,(H,14,17)/t11-/m0/s1. The fourth-order valence-corrected chi connectivity index (χ4v) is 1.79. The highest BCUT2D eigenvalue weighted by atomic mass is 16.6. The number of amides is 1. The fourth-order valence-electron chi connectivity index (χ4n) is 1.79. The monoisotopic (exact) mass is 266 g/mol. The summed E-state index contributed by atoms with van der Waals surface area (Å²) in [7, 11) is 0. The van der Waals surface area contributed by atoms with Crippen LogP contribution in [0.2, 0.25) is 0 Å². The van der Waals surface area contributed by atoms with Crippen LogP contribution in [0.3, 0.4) is 0 Å². The number of nitro groups is 1. The average molecular weight is 266 g/mol. The molecule has 1 aromatic carbocycles. The van der Waals surface area contributed by atoms with Crippen molar-refractivity contribution in [3.05, 3.63) is 39.4 Å². The minimum atomic E-state index is -0.459. The number of rotatable bonds is 6. The van der Waals surface area contributed by atoms with E-state index in [9.17, 15) is 14.9 Å². The summed E-state index contributed by atoms with van der Waals surface area (Å²) in [5.41, 5.74) is 1.14. The molecule has 6 nitrogen and oxygen atoms in total. The number of carbonyl (C=O) groups excluding carboxylic acids is 1. The summed E-state index contributed by atoms with van der Waals surface area (Å²) in [6, 6.07) is 4.41. The van der Waals surface area contributed by atoms with Crippen molar-refractivity contribution in [3.63, 3.8) is 0 Å². The highest BCUT2D eigenvalue weighted by molar-refractivity contribution is 5.79. The number of hydrogen-bond acceptors (Lipinski definition) is 4. The Morgan fingerprint density at radius 2 is 2.21 bits per heavy atom. The summed E-state index contributed by atoms with van der Waals surface area (Å²) in [4.78, 5) is 22.1. The number of aliphatic hydroxyl groups excluding tert-OH is 1. The van der Waals surface area contributed by atoms with Gasteiger partial charge in [0.2, 0.25) is 5.91 Å². The molecule has 0 heterocycles. The summed E-state index contributed by atoms with van der Waals surface area (Å²) >= 11 is 0. The van der Waals surface area contributed by atoms with E-state index in [1.165, 1.54) is 6.07 Å². The number of nitrogens with one attached hydrogen (secondary N) is 1. The number of aliphatic hydroxyl groups is 1. The third-order valence-corrected chi connectivity index (χ3v) is 3.04. The van der Waals surface area contributed by atoms with Crippen molar-refractivity contribution in [1.29, 1.82) is 0 Å². The molecule has 0 fully saturated rings. The predicted octanol–water partition coefficient (Wildman–Crippen LogP) is 1.33. The van der Waals surface area contributed by atoms with Gasteiger partial charge in [-0.2, -0.15) is 0 Å². The first kappa shape index (κ1) is 15.1. The van der Waals surface area contributed by atoms with E-state index in [0.29, 0.717) is 17.5 Å². The van der Waals surface area contributed by atoms with Crippen molar-refractivity contribution in [2.75, 3.05) is 6.61 Å². The second-order valence-corrected chi connectivity index (χ2v) is 4.35. The van der Waals surface area contributed by atoms with Gasteiger partial charge in [0, 0.05) is 11.6 Å². The van der Waals surface area contributed by atoms with Gasteiger partial charge < -0.3 is 10.4 Å². The lowest BCUT2D eigenvalue weighted by atomic mass is 10.0. The van der Waals surface area contributed by atoms with Crippen LogP contribution in [-0.4, -0.2) is 28.6 Å². The Morgan fingerprint density at radius 3 is 2.74 bits per heavy atom. The SMILES string of the molecule is CC[C@@H](CO)NC(=O)Cc1cccc([N+](=O)[O-])c1C. The maximum atomic E-state index is 11.8. The largest absolute Gasteiger partial charge is 0.394 e. The van der Waals surface area contributed by atoms with Crippen LogP contribution in [0.4, 0.5) is 5.69 Å². The molecule has 0 aliphatic rings. The predicted molar refractivity (Wildman–Crippen MR) is 70.8 cm³/mol. The van der Waals surface area contributed by atoms with Gasteiger partial charge in [0.25, 0.3) is 5.69 Å². The van der Waals surface area contributed by atoms with Crippen LogP contribution in [0.25, 0.3) is 0 Å². The Balaban J connectivity index is 2.80. The van der Waals surface area contributed by atoms with Crippen LogP contribution in [0.1, 0.15) is 24.5 Å². The van der Waals surface area contributed by atoms with E-state index in [4.69, 9.17) is 5.11 Å². The van der Waals surface area contributed by atoms with Crippen LogP contribution in [0.5, 0.6) is 0 Å². The van der Waals surface area contributed by atoms with Crippen molar-refractivity contribution in [2.24, 2.45) is 0 Å². The summed E-state index contributed by atoms with van der Waals surface area (Å²) in [6.45, 7) is 3.38. The molecule has 0 saturated heterocycles. The molecule has 19 heavy (non-hydrogen) atoms. The van der Waals surface area contributed by atoms with Crippen molar-refractivity contribution in [1.82, 2.24) is 5.32 Å². The summed E-state index contributed by atoms with van der Waals surface area (Å²) < 4.78 is 0. The zero-order valence-corrected chi connectivity index (χ0v) is 11.0. The molecule has 0 aliphatic heterocycles. The average Bonchev–Trinajstić information content (AvgIpc) is 2.38. The van der Waals surface area contributed by atoms with E-state index in [1.54, 1.807) is 19.1 Å². The van der Waals surface area contributed by atoms with Crippen LogP contribution in [0.15, 0.2) is 18.2 Å². The zero-order valence-electron chi connectivity index (χ0n) is 11.0. The first-order valence-corrected chi connectivity index (χ1v) is 6.12. The summed E-state index contributed by atoms with van der Waals surface area (Å²) in [5.74, 6) is -0.246. The lowest BCUT2D eigenvalue weighted by molar-refractivity contribution is -0.385. The molecule has 104 valence electrons. The molecule has 1 amide bonds. The van der Waals surface area contributed by atoms with E-state index < -0.39 is 4.92 Å².